The van der Waals surface area contributed by atoms with Gasteiger partial charge in [-0.15, -0.1) is 11.8 Å². The van der Waals surface area contributed by atoms with Crippen molar-refractivity contribution in [3.63, 3.8) is 0 Å². The van der Waals surface area contributed by atoms with Crippen LogP contribution in [0.2, 0.25) is 0 Å². The summed E-state index contributed by atoms with van der Waals surface area (Å²) in [5.74, 6) is 0.101. The molecule has 0 saturated carbocycles. The predicted octanol–water partition coefficient (Wildman–Crippen LogP) is 5.31. The van der Waals surface area contributed by atoms with E-state index in [0.29, 0.717) is 13.0 Å². The van der Waals surface area contributed by atoms with Gasteiger partial charge in [-0.05, 0) is 30.9 Å². The van der Waals surface area contributed by atoms with E-state index < -0.39 is 5.97 Å². The second kappa shape index (κ2) is 9.60. The average Bonchev–Trinajstić information content (AvgIpc) is 3.30. The highest BCUT2D eigenvalue weighted by molar-refractivity contribution is 8.03. The van der Waals surface area contributed by atoms with E-state index in [0.717, 1.165) is 23.3 Å². The average molecular weight is 437 g/mol. The number of aliphatic carboxylic acids is 1. The van der Waals surface area contributed by atoms with E-state index in [1.807, 2.05) is 46.2 Å². The monoisotopic (exact) mass is 436 g/mol. The molecule has 31 heavy (non-hydrogen) atoms. The van der Waals surface area contributed by atoms with Crippen LogP contribution < -0.4 is 0 Å². The Morgan fingerprint density at radius 3 is 2.52 bits per heavy atom. The van der Waals surface area contributed by atoms with E-state index in [1.165, 1.54) is 4.91 Å². The van der Waals surface area contributed by atoms with Crippen LogP contribution in [0.3, 0.4) is 0 Å². The molecule has 0 spiro atoms. The topological polar surface area (TPSA) is 60.9 Å². The van der Waals surface area contributed by atoms with E-state index in [-0.39, 0.29) is 30.6 Å². The van der Waals surface area contributed by atoms with Gasteiger partial charge in [0.05, 0.1) is 18.1 Å². The lowest BCUT2D eigenvalue weighted by Gasteiger charge is -2.29. The summed E-state index contributed by atoms with van der Waals surface area (Å²) in [5.41, 5.74) is 2.26. The van der Waals surface area contributed by atoms with Crippen molar-refractivity contribution in [3.8, 4) is 0 Å². The Labute approximate surface area is 187 Å². The molecular formula is C25H28N2O3S. The number of benzene rings is 2. The quantitative estimate of drug-likeness (QED) is 0.450. The first-order valence-corrected chi connectivity index (χ1v) is 11.8. The first-order valence-electron chi connectivity index (χ1n) is 10.8. The molecular weight excluding hydrogens is 408 g/mol. The lowest BCUT2D eigenvalue weighted by atomic mass is 10.0. The van der Waals surface area contributed by atoms with Gasteiger partial charge in [0.2, 0.25) is 0 Å². The van der Waals surface area contributed by atoms with Gasteiger partial charge in [0, 0.05) is 23.6 Å². The van der Waals surface area contributed by atoms with Gasteiger partial charge in [0.1, 0.15) is 0 Å². The molecule has 4 rings (SSSR count). The standard InChI is InChI=1S/C25H28N2O3S/c1-18(20-12-6-3-7-13-20)27-21-17-31-22(14-8-9-15-23(28)29)24(21)26(25(27)30)16-19-10-4-2-5-11-19/h2-7,10-14,18,21,24H,8-9,15-17H2,1H3,(H,28,29)/b22-14-/t18-,21+,24+/m1/s1. The molecule has 3 atom stereocenters. The SMILES string of the molecule is C[C@H](c1ccccc1)N1C(=O)N(Cc2ccccc2)[C@@H]2/C(=C/CCCC(=O)O)SC[C@@H]21. The predicted molar refractivity (Wildman–Crippen MR) is 124 cm³/mol. The van der Waals surface area contributed by atoms with E-state index in [4.69, 9.17) is 5.11 Å². The number of carbonyl (C=O) groups is 2. The lowest BCUT2D eigenvalue weighted by molar-refractivity contribution is -0.137. The molecule has 6 heteroatoms. The lowest BCUT2D eigenvalue weighted by Crippen LogP contribution is -2.38. The van der Waals surface area contributed by atoms with Crippen molar-refractivity contribution in [2.45, 2.75) is 50.9 Å². The number of amides is 2. The maximum absolute atomic E-state index is 13.6. The molecule has 2 aromatic carbocycles. The third kappa shape index (κ3) is 4.64. The smallest absolute Gasteiger partial charge is 0.321 e. The van der Waals surface area contributed by atoms with Crippen LogP contribution >= 0.6 is 11.8 Å². The molecule has 0 unspecified atom stereocenters. The zero-order chi connectivity index (χ0) is 21.8. The van der Waals surface area contributed by atoms with Crippen molar-refractivity contribution in [1.29, 1.82) is 0 Å². The van der Waals surface area contributed by atoms with Gasteiger partial charge < -0.3 is 14.9 Å². The highest BCUT2D eigenvalue weighted by atomic mass is 32.2. The number of carbonyl (C=O) groups excluding carboxylic acids is 1. The third-order valence-corrected chi connectivity index (χ3v) is 7.32. The van der Waals surface area contributed by atoms with Crippen LogP contribution in [-0.2, 0) is 11.3 Å². The van der Waals surface area contributed by atoms with Crippen molar-refractivity contribution >= 4 is 23.8 Å². The summed E-state index contributed by atoms with van der Waals surface area (Å²) in [4.78, 5) is 29.7. The van der Waals surface area contributed by atoms with Crippen LogP contribution in [0.1, 0.15) is 43.4 Å². The molecule has 0 bridgehead atoms. The van der Waals surface area contributed by atoms with Crippen molar-refractivity contribution in [2.75, 3.05) is 5.75 Å². The van der Waals surface area contributed by atoms with Crippen molar-refractivity contribution < 1.29 is 14.7 Å². The van der Waals surface area contributed by atoms with Gasteiger partial charge in [-0.3, -0.25) is 4.79 Å². The Bertz CT molecular complexity index is 948. The molecule has 0 aliphatic carbocycles. The molecule has 2 fully saturated rings. The van der Waals surface area contributed by atoms with Crippen LogP contribution in [0.25, 0.3) is 0 Å². The minimum atomic E-state index is -0.764. The molecule has 0 radical (unpaired) electrons. The second-order valence-electron chi connectivity index (χ2n) is 8.11. The normalized spacial score (nSPS) is 22.7. The fourth-order valence-electron chi connectivity index (χ4n) is 4.52. The van der Waals surface area contributed by atoms with Gasteiger partial charge in [0.15, 0.2) is 0 Å². The maximum atomic E-state index is 13.6. The number of hydrogen-bond acceptors (Lipinski definition) is 3. The molecule has 1 N–H and O–H groups in total. The first kappa shape index (κ1) is 21.5. The summed E-state index contributed by atoms with van der Waals surface area (Å²) in [6.07, 6.45) is 3.67. The van der Waals surface area contributed by atoms with Crippen LogP contribution in [0.5, 0.6) is 0 Å². The van der Waals surface area contributed by atoms with Gasteiger partial charge >= 0.3 is 12.0 Å². The highest BCUT2D eigenvalue weighted by Crippen LogP contribution is 2.46. The number of carboxylic acids is 1. The summed E-state index contributed by atoms with van der Waals surface area (Å²) in [6, 6.07) is 20.5. The van der Waals surface area contributed by atoms with Gasteiger partial charge in [0.25, 0.3) is 0 Å². The zero-order valence-electron chi connectivity index (χ0n) is 17.7. The molecule has 2 aliphatic heterocycles. The van der Waals surface area contributed by atoms with E-state index in [2.05, 4.69) is 37.3 Å². The summed E-state index contributed by atoms with van der Waals surface area (Å²) in [6.45, 7) is 2.68. The van der Waals surface area contributed by atoms with Crippen LogP contribution in [0, 0.1) is 0 Å². The fourth-order valence-corrected chi connectivity index (χ4v) is 5.92. The van der Waals surface area contributed by atoms with Gasteiger partial charge in [-0.2, -0.15) is 0 Å². The third-order valence-electron chi connectivity index (χ3n) is 6.07. The Balaban J connectivity index is 1.61. The minimum Gasteiger partial charge on any atom is -0.481 e. The van der Waals surface area contributed by atoms with E-state index >= 15 is 0 Å². The Morgan fingerprint density at radius 2 is 1.84 bits per heavy atom. The van der Waals surface area contributed by atoms with Gasteiger partial charge in [-0.1, -0.05) is 66.7 Å². The molecule has 162 valence electrons. The second-order valence-corrected chi connectivity index (χ2v) is 9.20. The van der Waals surface area contributed by atoms with Crippen molar-refractivity contribution in [2.24, 2.45) is 0 Å². The molecule has 2 aliphatic rings. The van der Waals surface area contributed by atoms with Crippen molar-refractivity contribution in [1.82, 2.24) is 9.80 Å². The Morgan fingerprint density at radius 1 is 1.16 bits per heavy atom. The maximum Gasteiger partial charge on any atom is 0.321 e. The van der Waals surface area contributed by atoms with Crippen LogP contribution in [-0.4, -0.2) is 44.7 Å². The number of allylic oxidation sites excluding steroid dienone is 1. The minimum absolute atomic E-state index is 0.00562. The molecule has 2 saturated heterocycles. The van der Waals surface area contributed by atoms with Crippen LogP contribution in [0.4, 0.5) is 4.79 Å². The summed E-state index contributed by atoms with van der Waals surface area (Å²) >= 11 is 1.80. The first-order chi connectivity index (χ1) is 15.1. The van der Waals surface area contributed by atoms with Crippen LogP contribution in [0.15, 0.2) is 71.6 Å². The number of carboxylic acid groups (broad SMARTS) is 1. The molecule has 2 aromatic rings. The fraction of sp³-hybridized carbons (Fsp3) is 0.360. The van der Waals surface area contributed by atoms with E-state index in [9.17, 15) is 9.59 Å². The molecule has 0 aromatic heterocycles. The summed E-state index contributed by atoms with van der Waals surface area (Å²) in [7, 11) is 0. The highest BCUT2D eigenvalue weighted by Gasteiger charge is 2.52. The van der Waals surface area contributed by atoms with Crippen molar-refractivity contribution in [3.05, 3.63) is 82.8 Å². The van der Waals surface area contributed by atoms with Gasteiger partial charge in [-0.25, -0.2) is 4.79 Å². The number of nitrogens with zero attached hydrogens (tertiary/aromatic N) is 2. The van der Waals surface area contributed by atoms with E-state index in [1.54, 1.807) is 11.8 Å². The summed E-state index contributed by atoms with van der Waals surface area (Å²) < 4.78 is 0. The number of hydrogen-bond donors (Lipinski definition) is 1. The zero-order valence-corrected chi connectivity index (χ0v) is 18.5. The molecule has 5 nitrogen and oxygen atoms in total. The number of rotatable bonds is 8. The number of fused-ring (bicyclic) bond motifs is 1. The summed E-state index contributed by atoms with van der Waals surface area (Å²) in [5, 5.41) is 8.92. The number of thioether (sulfide) groups is 1. The number of urea groups is 1. The molecule has 2 heterocycles. The Kier molecular flexibility index (Phi) is 6.66. The molecule has 2 amide bonds. The largest absolute Gasteiger partial charge is 0.481 e. The Hall–Kier alpha value is -2.73. The number of unbranched alkanes of at least 4 members (excludes halogenated alkanes) is 1.